The molecule has 2 aliphatic rings. The molecule has 4 heteroatoms. The molecule has 0 saturated heterocycles. The van der Waals surface area contributed by atoms with E-state index in [1.807, 2.05) is 0 Å². The van der Waals surface area contributed by atoms with Crippen LogP contribution in [0.3, 0.4) is 0 Å². The molecule has 1 aliphatic carbocycles. The normalized spacial score (nSPS) is 31.3. The van der Waals surface area contributed by atoms with Crippen LogP contribution in [0.25, 0.3) is 0 Å². The van der Waals surface area contributed by atoms with Gasteiger partial charge in [-0.05, 0) is 19.3 Å². The summed E-state index contributed by atoms with van der Waals surface area (Å²) in [6, 6.07) is -0.673. The van der Waals surface area contributed by atoms with Crippen molar-refractivity contribution < 1.29 is 8.78 Å². The zero-order chi connectivity index (χ0) is 10.0. The summed E-state index contributed by atoms with van der Waals surface area (Å²) < 4.78 is 26.8. The SMILES string of the molecule is FC1(F)CCCCC1NC1=NCCC1. The second-order valence-electron chi connectivity index (χ2n) is 4.14. The summed E-state index contributed by atoms with van der Waals surface area (Å²) in [4.78, 5) is 4.17. The number of nitrogens with zero attached hydrogens (tertiary/aromatic N) is 1. The average molecular weight is 202 g/mol. The number of hydrogen-bond donors (Lipinski definition) is 1. The molecule has 14 heavy (non-hydrogen) atoms. The van der Waals surface area contributed by atoms with Crippen LogP contribution in [0.4, 0.5) is 8.78 Å². The molecule has 2 nitrogen and oxygen atoms in total. The van der Waals surface area contributed by atoms with Crippen LogP contribution in [0.15, 0.2) is 4.99 Å². The van der Waals surface area contributed by atoms with Crippen LogP contribution in [-0.2, 0) is 0 Å². The quantitative estimate of drug-likeness (QED) is 0.693. The number of amidine groups is 1. The van der Waals surface area contributed by atoms with Gasteiger partial charge in [-0.1, -0.05) is 6.42 Å². The molecule has 0 aromatic carbocycles. The van der Waals surface area contributed by atoms with Crippen LogP contribution in [0, 0.1) is 0 Å². The number of aliphatic imine (C=N–C) groups is 1. The first kappa shape index (κ1) is 9.87. The van der Waals surface area contributed by atoms with Gasteiger partial charge in [0.1, 0.15) is 0 Å². The Hall–Kier alpha value is -0.670. The van der Waals surface area contributed by atoms with Gasteiger partial charge in [-0.15, -0.1) is 0 Å². The summed E-state index contributed by atoms with van der Waals surface area (Å²) >= 11 is 0. The Bertz CT molecular complexity index is 238. The monoisotopic (exact) mass is 202 g/mol. The van der Waals surface area contributed by atoms with E-state index in [1.54, 1.807) is 0 Å². The second kappa shape index (κ2) is 3.83. The molecule has 0 aromatic rings. The van der Waals surface area contributed by atoms with E-state index in [0.717, 1.165) is 31.6 Å². The fourth-order valence-corrected chi connectivity index (χ4v) is 2.13. The molecule has 1 fully saturated rings. The van der Waals surface area contributed by atoms with Crippen molar-refractivity contribution in [3.63, 3.8) is 0 Å². The highest BCUT2D eigenvalue weighted by atomic mass is 19.3. The van der Waals surface area contributed by atoms with Crippen molar-refractivity contribution in [3.05, 3.63) is 0 Å². The van der Waals surface area contributed by atoms with Gasteiger partial charge in [0.2, 0.25) is 0 Å². The Kier molecular flexibility index (Phi) is 2.70. The van der Waals surface area contributed by atoms with Crippen molar-refractivity contribution in [1.82, 2.24) is 5.32 Å². The Morgan fingerprint density at radius 2 is 2.14 bits per heavy atom. The van der Waals surface area contributed by atoms with E-state index in [4.69, 9.17) is 0 Å². The van der Waals surface area contributed by atoms with Gasteiger partial charge in [0.15, 0.2) is 0 Å². The van der Waals surface area contributed by atoms with Crippen LogP contribution in [0.5, 0.6) is 0 Å². The van der Waals surface area contributed by atoms with Crippen LogP contribution < -0.4 is 5.32 Å². The fourth-order valence-electron chi connectivity index (χ4n) is 2.13. The standard InChI is InChI=1S/C10H16F2N2/c11-10(12)6-2-1-4-8(10)14-9-5-3-7-13-9/h8H,1-7H2,(H,13,14). The predicted molar refractivity (Wildman–Crippen MR) is 51.9 cm³/mol. The molecule has 0 spiro atoms. The first-order valence-corrected chi connectivity index (χ1v) is 5.36. The molecule has 0 bridgehead atoms. The fraction of sp³-hybridized carbons (Fsp3) is 0.900. The predicted octanol–water partition coefficient (Wildman–Crippen LogP) is 2.35. The highest BCUT2D eigenvalue weighted by Gasteiger charge is 2.41. The minimum absolute atomic E-state index is 0.0257. The number of hydrogen-bond acceptors (Lipinski definition) is 2. The molecule has 1 N–H and O–H groups in total. The number of nitrogens with one attached hydrogen (secondary N) is 1. The number of rotatable bonds is 1. The third-order valence-corrected chi connectivity index (χ3v) is 2.98. The maximum atomic E-state index is 13.4. The van der Waals surface area contributed by atoms with E-state index >= 15 is 0 Å². The van der Waals surface area contributed by atoms with E-state index < -0.39 is 12.0 Å². The lowest BCUT2D eigenvalue weighted by Gasteiger charge is -2.32. The largest absolute Gasteiger partial charge is 0.365 e. The summed E-state index contributed by atoms with van der Waals surface area (Å²) in [6.45, 7) is 0.792. The molecule has 2 rings (SSSR count). The van der Waals surface area contributed by atoms with E-state index in [-0.39, 0.29) is 6.42 Å². The van der Waals surface area contributed by atoms with E-state index in [9.17, 15) is 8.78 Å². The van der Waals surface area contributed by atoms with Gasteiger partial charge in [-0.3, -0.25) is 4.99 Å². The van der Waals surface area contributed by atoms with Gasteiger partial charge in [0.05, 0.1) is 11.9 Å². The minimum Gasteiger partial charge on any atom is -0.365 e. The van der Waals surface area contributed by atoms with Crippen LogP contribution in [-0.4, -0.2) is 24.3 Å². The van der Waals surface area contributed by atoms with Gasteiger partial charge >= 0.3 is 0 Å². The van der Waals surface area contributed by atoms with E-state index in [1.165, 1.54) is 0 Å². The summed E-state index contributed by atoms with van der Waals surface area (Å²) in [6.07, 6.45) is 4.00. The molecule has 1 aliphatic heterocycles. The molecule has 1 saturated carbocycles. The van der Waals surface area contributed by atoms with Crippen LogP contribution in [0.1, 0.15) is 38.5 Å². The van der Waals surface area contributed by atoms with Gasteiger partial charge in [0.25, 0.3) is 5.92 Å². The summed E-state index contributed by atoms with van der Waals surface area (Å²) in [5.74, 6) is -1.75. The molecule has 1 atom stereocenters. The lowest BCUT2D eigenvalue weighted by atomic mass is 9.91. The molecule has 0 radical (unpaired) electrons. The Morgan fingerprint density at radius 3 is 2.79 bits per heavy atom. The Morgan fingerprint density at radius 1 is 1.29 bits per heavy atom. The first-order valence-electron chi connectivity index (χ1n) is 5.36. The molecular weight excluding hydrogens is 186 g/mol. The third kappa shape index (κ3) is 2.04. The molecular formula is C10H16F2N2. The van der Waals surface area contributed by atoms with Crippen molar-refractivity contribution >= 4 is 5.84 Å². The van der Waals surface area contributed by atoms with Crippen molar-refractivity contribution in [3.8, 4) is 0 Å². The summed E-state index contributed by atoms with van der Waals surface area (Å²) in [5, 5.41) is 2.91. The van der Waals surface area contributed by atoms with Gasteiger partial charge in [-0.25, -0.2) is 8.78 Å². The molecule has 80 valence electrons. The maximum Gasteiger partial charge on any atom is 0.267 e. The number of alkyl halides is 2. The van der Waals surface area contributed by atoms with Gasteiger partial charge in [-0.2, -0.15) is 0 Å². The van der Waals surface area contributed by atoms with Gasteiger partial charge in [0, 0.05) is 19.4 Å². The Balaban J connectivity index is 1.94. The molecule has 1 unspecified atom stereocenters. The summed E-state index contributed by atoms with van der Waals surface area (Å²) in [7, 11) is 0. The smallest absolute Gasteiger partial charge is 0.267 e. The lowest BCUT2D eigenvalue weighted by molar-refractivity contribution is -0.0579. The van der Waals surface area contributed by atoms with Crippen molar-refractivity contribution in [2.45, 2.75) is 50.5 Å². The third-order valence-electron chi connectivity index (χ3n) is 2.98. The molecule has 0 aromatic heterocycles. The Labute approximate surface area is 82.8 Å². The maximum absolute atomic E-state index is 13.4. The minimum atomic E-state index is -2.54. The van der Waals surface area contributed by atoms with E-state index in [0.29, 0.717) is 12.8 Å². The zero-order valence-corrected chi connectivity index (χ0v) is 8.23. The van der Waals surface area contributed by atoms with E-state index in [2.05, 4.69) is 10.3 Å². The first-order chi connectivity index (χ1) is 6.68. The second-order valence-corrected chi connectivity index (χ2v) is 4.14. The van der Waals surface area contributed by atoms with Gasteiger partial charge < -0.3 is 5.32 Å². The average Bonchev–Trinajstić information content (AvgIpc) is 2.61. The zero-order valence-electron chi connectivity index (χ0n) is 8.23. The molecule has 1 heterocycles. The van der Waals surface area contributed by atoms with Crippen LogP contribution in [0.2, 0.25) is 0 Å². The van der Waals surface area contributed by atoms with Crippen LogP contribution >= 0.6 is 0 Å². The van der Waals surface area contributed by atoms with Crippen molar-refractivity contribution in [2.75, 3.05) is 6.54 Å². The topological polar surface area (TPSA) is 24.4 Å². The lowest BCUT2D eigenvalue weighted by Crippen LogP contribution is -2.49. The highest BCUT2D eigenvalue weighted by molar-refractivity contribution is 5.83. The highest BCUT2D eigenvalue weighted by Crippen LogP contribution is 2.33. The van der Waals surface area contributed by atoms with Crippen molar-refractivity contribution in [1.29, 1.82) is 0 Å². The van der Waals surface area contributed by atoms with Crippen molar-refractivity contribution in [2.24, 2.45) is 4.99 Å². The summed E-state index contributed by atoms with van der Waals surface area (Å²) in [5.41, 5.74) is 0. The molecule has 0 amide bonds. The number of halogens is 2.